The summed E-state index contributed by atoms with van der Waals surface area (Å²) in [7, 11) is 0. The minimum Gasteiger partial charge on any atom is -0.472 e. The van der Waals surface area contributed by atoms with Crippen molar-refractivity contribution in [3.63, 3.8) is 0 Å². The largest absolute Gasteiger partial charge is 0.472 e. The smallest absolute Gasteiger partial charge is 0.224 e. The van der Waals surface area contributed by atoms with E-state index < -0.39 is 0 Å². The highest BCUT2D eigenvalue weighted by Crippen LogP contribution is 2.32. The predicted molar refractivity (Wildman–Crippen MR) is 140 cm³/mol. The number of amides is 1. The van der Waals surface area contributed by atoms with Crippen LogP contribution in [0.25, 0.3) is 56.0 Å². The SMILES string of the molecule is CC(C)(C)CC(=O)Nc1cncc(-c2cc3c(-c4nc5c(-c6ccoc6)nccc5[nH]4)n[nH]c3cn2)c1. The Kier molecular flexibility index (Phi) is 5.29. The van der Waals surface area contributed by atoms with Gasteiger partial charge in [0.15, 0.2) is 5.82 Å². The molecule has 0 aliphatic heterocycles. The number of H-pyrrole nitrogens is 2. The van der Waals surface area contributed by atoms with Crippen molar-refractivity contribution in [3.05, 3.63) is 61.6 Å². The number of nitrogens with one attached hydrogen (secondary N) is 3. The van der Waals surface area contributed by atoms with Gasteiger partial charge < -0.3 is 14.7 Å². The quantitative estimate of drug-likeness (QED) is 0.285. The molecule has 0 aliphatic rings. The van der Waals surface area contributed by atoms with E-state index in [0.29, 0.717) is 29.3 Å². The summed E-state index contributed by atoms with van der Waals surface area (Å²) in [6.07, 6.45) is 10.5. The van der Waals surface area contributed by atoms with Crippen LogP contribution in [0.3, 0.4) is 0 Å². The Labute approximate surface area is 211 Å². The van der Waals surface area contributed by atoms with Crippen molar-refractivity contribution in [1.29, 1.82) is 0 Å². The molecule has 10 heteroatoms. The van der Waals surface area contributed by atoms with Gasteiger partial charge in [-0.1, -0.05) is 20.8 Å². The molecule has 6 aromatic heterocycles. The van der Waals surface area contributed by atoms with Crippen LogP contribution in [0.15, 0.2) is 66.0 Å². The maximum Gasteiger partial charge on any atom is 0.224 e. The third kappa shape index (κ3) is 4.44. The van der Waals surface area contributed by atoms with Crippen molar-refractivity contribution in [1.82, 2.24) is 35.1 Å². The van der Waals surface area contributed by atoms with Gasteiger partial charge in [-0.15, -0.1) is 0 Å². The Balaban J connectivity index is 1.36. The van der Waals surface area contributed by atoms with Gasteiger partial charge in [-0.3, -0.25) is 24.8 Å². The molecule has 0 saturated carbocycles. The van der Waals surface area contributed by atoms with Gasteiger partial charge in [0.25, 0.3) is 0 Å². The first kappa shape index (κ1) is 22.6. The highest BCUT2D eigenvalue weighted by Gasteiger charge is 2.18. The van der Waals surface area contributed by atoms with Crippen LogP contribution in [0.4, 0.5) is 5.69 Å². The van der Waals surface area contributed by atoms with Gasteiger partial charge in [0.05, 0.1) is 47.3 Å². The van der Waals surface area contributed by atoms with Gasteiger partial charge in [-0.05, 0) is 29.7 Å². The zero-order valence-corrected chi connectivity index (χ0v) is 20.5. The monoisotopic (exact) mass is 492 g/mol. The lowest BCUT2D eigenvalue weighted by Gasteiger charge is -2.17. The number of hydrogen-bond donors (Lipinski definition) is 3. The minimum absolute atomic E-state index is 0.0545. The molecule has 37 heavy (non-hydrogen) atoms. The van der Waals surface area contributed by atoms with Crippen LogP contribution >= 0.6 is 0 Å². The average Bonchev–Trinajstić information content (AvgIpc) is 3.61. The number of pyridine rings is 3. The Morgan fingerprint density at radius 2 is 1.92 bits per heavy atom. The molecule has 6 heterocycles. The Morgan fingerprint density at radius 3 is 2.73 bits per heavy atom. The summed E-state index contributed by atoms with van der Waals surface area (Å²) >= 11 is 0. The molecular formula is C27H24N8O2. The number of anilines is 1. The number of carbonyl (C=O) groups is 1. The first-order valence-corrected chi connectivity index (χ1v) is 11.8. The second-order valence-electron chi connectivity index (χ2n) is 10.1. The molecule has 6 rings (SSSR count). The van der Waals surface area contributed by atoms with Crippen molar-refractivity contribution in [2.75, 3.05) is 5.32 Å². The number of aromatic amines is 2. The fourth-order valence-corrected chi connectivity index (χ4v) is 4.25. The summed E-state index contributed by atoms with van der Waals surface area (Å²) < 4.78 is 5.23. The molecule has 0 unspecified atom stereocenters. The third-order valence-electron chi connectivity index (χ3n) is 5.88. The molecule has 0 aromatic carbocycles. The van der Waals surface area contributed by atoms with Gasteiger partial charge in [0.2, 0.25) is 5.91 Å². The predicted octanol–water partition coefficient (Wildman–Crippen LogP) is 5.59. The molecule has 10 nitrogen and oxygen atoms in total. The number of imidazole rings is 1. The highest BCUT2D eigenvalue weighted by atomic mass is 16.3. The van der Waals surface area contributed by atoms with E-state index in [1.54, 1.807) is 37.3 Å². The van der Waals surface area contributed by atoms with Crippen molar-refractivity contribution in [2.24, 2.45) is 5.41 Å². The molecule has 184 valence electrons. The molecule has 0 fully saturated rings. The van der Waals surface area contributed by atoms with E-state index in [2.05, 4.69) is 35.5 Å². The molecule has 0 saturated heterocycles. The number of nitrogens with zero attached hydrogens (tertiary/aromatic N) is 5. The van der Waals surface area contributed by atoms with Crippen LogP contribution in [-0.4, -0.2) is 41.0 Å². The number of fused-ring (bicyclic) bond motifs is 2. The van der Waals surface area contributed by atoms with Gasteiger partial charge >= 0.3 is 0 Å². The Hall–Kier alpha value is -4.86. The second-order valence-corrected chi connectivity index (χ2v) is 10.1. The molecule has 1 amide bonds. The lowest BCUT2D eigenvalue weighted by atomic mass is 9.92. The first-order chi connectivity index (χ1) is 17.8. The standard InChI is InChI=1S/C27H24N8O2/c1-27(2,3)10-22(36)31-17-8-16(11-28-12-17)20-9-18-21(13-30-20)34-35-24(18)26-32-19-4-6-29-23(25(19)33-26)15-5-7-37-14-15/h4-9,11-14H,10H2,1-3H3,(H,31,36)(H,32,33)(H,34,35). The topological polar surface area (TPSA) is 138 Å². The number of hydrogen-bond acceptors (Lipinski definition) is 7. The summed E-state index contributed by atoms with van der Waals surface area (Å²) in [5.74, 6) is 0.554. The molecule has 6 aromatic rings. The van der Waals surface area contributed by atoms with Crippen LogP contribution in [-0.2, 0) is 4.79 Å². The maximum atomic E-state index is 12.4. The van der Waals surface area contributed by atoms with Crippen LogP contribution in [0.1, 0.15) is 27.2 Å². The molecule has 3 N–H and O–H groups in total. The van der Waals surface area contributed by atoms with Crippen molar-refractivity contribution in [3.8, 4) is 34.0 Å². The summed E-state index contributed by atoms with van der Waals surface area (Å²) in [4.78, 5) is 34.0. The highest BCUT2D eigenvalue weighted by molar-refractivity contribution is 5.97. The summed E-state index contributed by atoms with van der Waals surface area (Å²) in [6.45, 7) is 6.08. The molecule has 0 spiro atoms. The Morgan fingerprint density at radius 1 is 1.03 bits per heavy atom. The van der Waals surface area contributed by atoms with E-state index in [0.717, 1.165) is 38.8 Å². The van der Waals surface area contributed by atoms with E-state index >= 15 is 0 Å². The van der Waals surface area contributed by atoms with E-state index in [4.69, 9.17) is 9.40 Å². The van der Waals surface area contributed by atoms with Crippen LogP contribution in [0.2, 0.25) is 0 Å². The average molecular weight is 493 g/mol. The molecule has 0 radical (unpaired) electrons. The summed E-state index contributed by atoms with van der Waals surface area (Å²) in [5.41, 5.74) is 6.58. The number of carbonyl (C=O) groups excluding carboxylic acids is 1. The van der Waals surface area contributed by atoms with Gasteiger partial charge in [0, 0.05) is 35.3 Å². The van der Waals surface area contributed by atoms with Crippen LogP contribution in [0, 0.1) is 5.41 Å². The van der Waals surface area contributed by atoms with E-state index in [9.17, 15) is 4.79 Å². The third-order valence-corrected chi connectivity index (χ3v) is 5.88. The fraction of sp³-hybridized carbons (Fsp3) is 0.185. The Bertz CT molecular complexity index is 1740. The van der Waals surface area contributed by atoms with Crippen molar-refractivity contribution in [2.45, 2.75) is 27.2 Å². The fourth-order valence-electron chi connectivity index (χ4n) is 4.25. The number of furan rings is 1. The van der Waals surface area contributed by atoms with E-state index in [1.807, 2.05) is 45.0 Å². The lowest BCUT2D eigenvalue weighted by molar-refractivity contribution is -0.117. The molecular weight excluding hydrogens is 468 g/mol. The van der Waals surface area contributed by atoms with Crippen molar-refractivity contribution >= 4 is 33.5 Å². The molecule has 0 bridgehead atoms. The zero-order valence-electron chi connectivity index (χ0n) is 20.5. The lowest BCUT2D eigenvalue weighted by Crippen LogP contribution is -2.19. The van der Waals surface area contributed by atoms with Gasteiger partial charge in [-0.25, -0.2) is 4.98 Å². The van der Waals surface area contributed by atoms with Gasteiger partial charge in [-0.2, -0.15) is 5.10 Å². The van der Waals surface area contributed by atoms with Crippen molar-refractivity contribution < 1.29 is 9.21 Å². The van der Waals surface area contributed by atoms with E-state index in [-0.39, 0.29) is 11.3 Å². The van der Waals surface area contributed by atoms with Crippen LogP contribution < -0.4 is 5.32 Å². The normalized spacial score (nSPS) is 11.9. The second kappa shape index (κ2) is 8.66. The maximum absolute atomic E-state index is 12.4. The van der Waals surface area contributed by atoms with E-state index in [1.165, 1.54) is 0 Å². The first-order valence-electron chi connectivity index (χ1n) is 11.8. The minimum atomic E-state index is -0.106. The summed E-state index contributed by atoms with van der Waals surface area (Å²) in [6, 6.07) is 7.54. The van der Waals surface area contributed by atoms with Crippen LogP contribution in [0.5, 0.6) is 0 Å². The molecule has 0 aliphatic carbocycles. The number of aromatic nitrogens is 7. The van der Waals surface area contributed by atoms with Gasteiger partial charge in [0.1, 0.15) is 16.9 Å². The zero-order chi connectivity index (χ0) is 25.6. The summed E-state index contributed by atoms with van der Waals surface area (Å²) in [5, 5.41) is 11.3. The molecule has 0 atom stereocenters. The number of rotatable bonds is 5.